The minimum Gasteiger partial charge on any atom is -0.456 e. The second-order valence-electron chi connectivity index (χ2n) is 17.0. The summed E-state index contributed by atoms with van der Waals surface area (Å²) in [5.41, 5.74) is -7.14. The quantitative estimate of drug-likeness (QED) is 0.140. The van der Waals surface area contributed by atoms with Crippen LogP contribution in [0.1, 0.15) is 88.7 Å². The number of ether oxygens (including phenoxy) is 5. The molecule has 5 aliphatic rings. The molecule has 58 heavy (non-hydrogen) atoms. The molecule has 1 amide bonds. The summed E-state index contributed by atoms with van der Waals surface area (Å²) < 4.78 is 29.6. The molecule has 5 N–H and O–H groups in total. The average molecular weight is 806 g/mol. The first-order chi connectivity index (χ1) is 27.4. The number of fused-ring (bicyclic) bond motifs is 5. The van der Waals surface area contributed by atoms with E-state index in [1.165, 1.54) is 26.0 Å². The van der Waals surface area contributed by atoms with Gasteiger partial charge in [0.2, 0.25) is 0 Å². The van der Waals surface area contributed by atoms with Crippen molar-refractivity contribution in [3.63, 3.8) is 0 Å². The van der Waals surface area contributed by atoms with Crippen molar-refractivity contribution >= 4 is 29.8 Å². The van der Waals surface area contributed by atoms with E-state index in [9.17, 15) is 44.4 Å². The molecule has 1 aliphatic heterocycles. The monoisotopic (exact) mass is 805 g/mol. The number of Topliss-reactive ketones (excluding diaryl/α,β-unsaturated/α-hetero) is 1. The van der Waals surface area contributed by atoms with Gasteiger partial charge >= 0.3 is 24.0 Å². The van der Waals surface area contributed by atoms with Crippen LogP contribution in [-0.4, -0.2) is 111 Å². The number of rotatable bonds is 9. The fourth-order valence-electron chi connectivity index (χ4n) is 9.93. The third kappa shape index (κ3) is 6.60. The Hall–Kier alpha value is -4.67. The molecule has 312 valence electrons. The molecule has 7 rings (SSSR count). The molecular formula is C43H51NO14. The zero-order chi connectivity index (χ0) is 41.9. The predicted molar refractivity (Wildman–Crippen MR) is 201 cm³/mol. The van der Waals surface area contributed by atoms with Gasteiger partial charge in [0.05, 0.1) is 35.6 Å². The molecule has 0 radical (unpaired) electrons. The molecule has 0 aromatic heterocycles. The smallest absolute Gasteiger partial charge is 0.407 e. The van der Waals surface area contributed by atoms with Crippen LogP contribution in [0, 0.1) is 16.7 Å². The molecule has 15 nitrogen and oxygen atoms in total. The number of hydrogen-bond donors (Lipinski definition) is 5. The number of amides is 1. The summed E-state index contributed by atoms with van der Waals surface area (Å²) in [4.78, 5) is 68.9. The van der Waals surface area contributed by atoms with Crippen LogP contribution in [0.2, 0.25) is 0 Å². The van der Waals surface area contributed by atoms with Crippen LogP contribution in [0.15, 0.2) is 71.8 Å². The zero-order valence-electron chi connectivity index (χ0n) is 33.1. The van der Waals surface area contributed by atoms with E-state index in [0.717, 1.165) is 13.3 Å². The average Bonchev–Trinajstić information content (AvgIpc) is 3.17. The van der Waals surface area contributed by atoms with Gasteiger partial charge in [0.25, 0.3) is 0 Å². The third-order valence-electron chi connectivity index (χ3n) is 13.5. The van der Waals surface area contributed by atoms with Gasteiger partial charge in [-0.25, -0.2) is 14.4 Å². The minimum atomic E-state index is -2.34. The molecule has 11 atom stereocenters. The number of benzene rings is 2. The van der Waals surface area contributed by atoms with E-state index in [1.807, 2.05) is 0 Å². The van der Waals surface area contributed by atoms with Crippen molar-refractivity contribution in [1.29, 1.82) is 0 Å². The molecule has 2 aromatic carbocycles. The maximum atomic E-state index is 14.9. The van der Waals surface area contributed by atoms with Gasteiger partial charge in [0.1, 0.15) is 36.1 Å². The number of carbonyl (C=O) groups is 5. The van der Waals surface area contributed by atoms with Crippen LogP contribution >= 0.6 is 0 Å². The second kappa shape index (κ2) is 15.2. The topological polar surface area (TPSA) is 224 Å². The highest BCUT2D eigenvalue weighted by Gasteiger charge is 2.78. The fourth-order valence-corrected chi connectivity index (χ4v) is 9.93. The van der Waals surface area contributed by atoms with E-state index in [-0.39, 0.29) is 35.8 Å². The van der Waals surface area contributed by atoms with Crippen molar-refractivity contribution in [2.75, 3.05) is 6.61 Å². The van der Waals surface area contributed by atoms with Gasteiger partial charge in [-0.15, -0.1) is 0 Å². The minimum absolute atomic E-state index is 0.0542. The normalized spacial score (nSPS) is 34.9. The van der Waals surface area contributed by atoms with Gasteiger partial charge in [0.15, 0.2) is 17.5 Å². The summed E-state index contributed by atoms with van der Waals surface area (Å²) in [7, 11) is 0. The van der Waals surface area contributed by atoms with E-state index in [0.29, 0.717) is 18.4 Å². The Morgan fingerprint density at radius 3 is 2.14 bits per heavy atom. The van der Waals surface area contributed by atoms with Crippen molar-refractivity contribution in [1.82, 2.24) is 5.32 Å². The Morgan fingerprint density at radius 1 is 0.931 bits per heavy atom. The lowest BCUT2D eigenvalue weighted by atomic mass is 9.44. The number of carbonyl (C=O) groups excluding carboxylic acids is 5. The van der Waals surface area contributed by atoms with Crippen molar-refractivity contribution in [2.45, 2.75) is 127 Å². The molecule has 2 aromatic rings. The number of aliphatic hydroxyl groups is 4. The van der Waals surface area contributed by atoms with Gasteiger partial charge in [-0.05, 0) is 62.0 Å². The molecule has 4 fully saturated rings. The molecule has 0 spiro atoms. The Bertz CT molecular complexity index is 1980. The number of ketones is 1. The SMILES string of the molecule is CC(=O)O[C@@]12CO[C@@H]1C[C@H](O)[C@@]1(C)C(=O)[C@H](O)C3=C(C)[C@@H](OC(=O)[C@H](O)[C@@H](NC(=O)OC4CCC4)c4ccccc4)C[C@@](O)([C@@H](OC(=O)c4ccccc4)[C@H]21)C3(C)C. The lowest BCUT2D eigenvalue weighted by Gasteiger charge is -2.67. The summed E-state index contributed by atoms with van der Waals surface area (Å²) in [6, 6.07) is 14.8. The van der Waals surface area contributed by atoms with E-state index < -0.39 is 107 Å². The Labute approximate surface area is 335 Å². The second-order valence-corrected chi connectivity index (χ2v) is 17.0. The standard InChI is InChI=1S/C43H51NO14/c1-22-27(56-38(51)33(48)31(24-13-8-6-9-14-24)44-39(52)55-26-17-12-18-26)20-43(53)36(57-37(50)25-15-10-7-11-16-25)34-41(5,35(49)32(47)30(22)40(43,3)4)28(46)19-29-42(34,21-54-29)58-23(2)45/h6-11,13-16,26-29,31-34,36,46-48,53H,12,17-21H2,1-5H3,(H,44,52)/t27-,28-,29+,31-,32+,33+,34-,36-,41+,42-,43+/m0/s1. The summed E-state index contributed by atoms with van der Waals surface area (Å²) in [5.74, 6) is -5.32. The molecular weight excluding hydrogens is 754 g/mol. The summed E-state index contributed by atoms with van der Waals surface area (Å²) in [5, 5.41) is 51.6. The molecule has 1 heterocycles. The first-order valence-electron chi connectivity index (χ1n) is 19.7. The lowest BCUT2D eigenvalue weighted by molar-refractivity contribution is -0.346. The number of nitrogens with one attached hydrogen (secondary N) is 1. The zero-order valence-corrected chi connectivity index (χ0v) is 33.1. The maximum absolute atomic E-state index is 14.9. The summed E-state index contributed by atoms with van der Waals surface area (Å²) >= 11 is 0. The third-order valence-corrected chi connectivity index (χ3v) is 13.5. The van der Waals surface area contributed by atoms with E-state index in [1.54, 1.807) is 62.4 Å². The van der Waals surface area contributed by atoms with Crippen molar-refractivity contribution < 1.29 is 68.1 Å². The van der Waals surface area contributed by atoms with E-state index >= 15 is 0 Å². The molecule has 4 aliphatic carbocycles. The molecule has 1 saturated heterocycles. The first kappa shape index (κ1) is 41.5. The summed E-state index contributed by atoms with van der Waals surface area (Å²) in [6.45, 7) is 6.89. The Kier molecular flexibility index (Phi) is 10.9. The van der Waals surface area contributed by atoms with E-state index in [2.05, 4.69) is 5.32 Å². The molecule has 15 heteroatoms. The Balaban J connectivity index is 1.33. The number of alkyl carbamates (subject to hydrolysis) is 1. The molecule has 3 saturated carbocycles. The first-order valence-corrected chi connectivity index (χ1v) is 19.7. The Morgan fingerprint density at radius 2 is 1.57 bits per heavy atom. The summed E-state index contributed by atoms with van der Waals surface area (Å²) in [6.07, 6.45) is -9.33. The van der Waals surface area contributed by atoms with Gasteiger partial charge < -0.3 is 49.4 Å². The van der Waals surface area contributed by atoms with Gasteiger partial charge in [-0.2, -0.15) is 0 Å². The van der Waals surface area contributed by atoms with Crippen LogP contribution < -0.4 is 5.32 Å². The van der Waals surface area contributed by atoms with Crippen LogP contribution in [-0.2, 0) is 38.1 Å². The van der Waals surface area contributed by atoms with Crippen molar-refractivity contribution in [2.24, 2.45) is 16.7 Å². The number of aliphatic hydroxyl groups excluding tert-OH is 3. The molecule has 0 unspecified atom stereocenters. The maximum Gasteiger partial charge on any atom is 0.407 e. The lowest BCUT2D eigenvalue weighted by Crippen LogP contribution is -2.81. The van der Waals surface area contributed by atoms with Gasteiger partial charge in [-0.1, -0.05) is 62.4 Å². The fraction of sp³-hybridized carbons (Fsp3) is 0.558. The van der Waals surface area contributed by atoms with Crippen LogP contribution in [0.5, 0.6) is 0 Å². The van der Waals surface area contributed by atoms with Gasteiger partial charge in [0, 0.05) is 25.2 Å². The van der Waals surface area contributed by atoms with Crippen LogP contribution in [0.4, 0.5) is 4.79 Å². The van der Waals surface area contributed by atoms with Crippen molar-refractivity contribution in [3.8, 4) is 0 Å². The van der Waals surface area contributed by atoms with E-state index in [4.69, 9.17) is 23.7 Å². The largest absolute Gasteiger partial charge is 0.456 e. The highest BCUT2D eigenvalue weighted by Crippen LogP contribution is 2.64. The van der Waals surface area contributed by atoms with Crippen molar-refractivity contribution in [3.05, 3.63) is 82.9 Å². The number of hydrogen-bond acceptors (Lipinski definition) is 14. The van der Waals surface area contributed by atoms with Crippen LogP contribution in [0.25, 0.3) is 0 Å². The highest BCUT2D eigenvalue weighted by molar-refractivity contribution is 5.94. The molecule has 2 bridgehead atoms. The van der Waals surface area contributed by atoms with Crippen LogP contribution in [0.3, 0.4) is 0 Å². The van der Waals surface area contributed by atoms with Gasteiger partial charge in [-0.3, -0.25) is 9.59 Å². The highest BCUT2D eigenvalue weighted by atomic mass is 16.6. The number of esters is 3. The predicted octanol–water partition coefficient (Wildman–Crippen LogP) is 3.01.